The Labute approximate surface area is 105 Å². The van der Waals surface area contributed by atoms with Crippen LogP contribution in [0, 0.1) is 0 Å². The molecule has 1 N–H and O–H groups in total. The molecule has 4 nitrogen and oxygen atoms in total. The molecule has 0 aliphatic heterocycles. The van der Waals surface area contributed by atoms with E-state index in [1.807, 2.05) is 19.2 Å². The fraction of sp³-hybridized carbons (Fsp3) is 0.250. The van der Waals surface area contributed by atoms with E-state index in [4.69, 9.17) is 0 Å². The van der Waals surface area contributed by atoms with E-state index in [9.17, 15) is 0 Å². The Morgan fingerprint density at radius 3 is 2.65 bits per heavy atom. The summed E-state index contributed by atoms with van der Waals surface area (Å²) in [4.78, 5) is 13.7. The number of hydrogen-bond donors (Lipinski definition) is 1. The summed E-state index contributed by atoms with van der Waals surface area (Å²) < 4.78 is 0. The average Bonchev–Trinajstić information content (AvgIpc) is 2.39. The third kappa shape index (κ3) is 2.74. The topological polar surface area (TPSA) is 50.7 Å². The SMILES string of the molecule is CCc1c(NC)ncnc1Sc1ccncc1. The Hall–Kier alpha value is -1.62. The van der Waals surface area contributed by atoms with E-state index in [1.165, 1.54) is 0 Å². The molecule has 2 rings (SSSR count). The van der Waals surface area contributed by atoms with Gasteiger partial charge >= 0.3 is 0 Å². The first-order valence-corrected chi connectivity index (χ1v) is 6.26. The standard InChI is InChI=1S/C12H14N4S/c1-3-10-11(13-2)15-8-16-12(10)17-9-4-6-14-7-5-9/h4-8H,3H2,1-2H3,(H,13,15,16). The predicted octanol–water partition coefficient (Wildman–Crippen LogP) is 2.63. The minimum atomic E-state index is 0.902. The Bertz CT molecular complexity index is 487. The van der Waals surface area contributed by atoms with Crippen LogP contribution in [0.3, 0.4) is 0 Å². The average molecular weight is 246 g/mol. The lowest BCUT2D eigenvalue weighted by Gasteiger charge is -2.10. The summed E-state index contributed by atoms with van der Waals surface area (Å²) in [6.07, 6.45) is 6.07. The molecule has 0 unspecified atom stereocenters. The van der Waals surface area contributed by atoms with Crippen LogP contribution >= 0.6 is 11.8 Å². The van der Waals surface area contributed by atoms with Crippen molar-refractivity contribution in [1.29, 1.82) is 0 Å². The van der Waals surface area contributed by atoms with Crippen molar-refractivity contribution in [1.82, 2.24) is 15.0 Å². The van der Waals surface area contributed by atoms with Crippen LogP contribution in [-0.2, 0) is 6.42 Å². The van der Waals surface area contributed by atoms with Gasteiger partial charge in [0.2, 0.25) is 0 Å². The molecule has 0 bridgehead atoms. The number of rotatable bonds is 4. The Morgan fingerprint density at radius 2 is 2.00 bits per heavy atom. The van der Waals surface area contributed by atoms with E-state index >= 15 is 0 Å². The van der Waals surface area contributed by atoms with Crippen molar-refractivity contribution in [3.63, 3.8) is 0 Å². The Morgan fingerprint density at radius 1 is 1.24 bits per heavy atom. The molecule has 2 aromatic rings. The summed E-state index contributed by atoms with van der Waals surface area (Å²) in [5.74, 6) is 0.902. The Kier molecular flexibility index (Phi) is 3.93. The quantitative estimate of drug-likeness (QED) is 0.840. The molecule has 0 spiro atoms. The highest BCUT2D eigenvalue weighted by molar-refractivity contribution is 7.99. The number of aromatic nitrogens is 3. The lowest BCUT2D eigenvalue weighted by molar-refractivity contribution is 0.946. The van der Waals surface area contributed by atoms with E-state index < -0.39 is 0 Å². The maximum absolute atomic E-state index is 4.34. The zero-order chi connectivity index (χ0) is 12.1. The van der Waals surface area contributed by atoms with Gasteiger partial charge in [-0.1, -0.05) is 18.7 Å². The molecule has 0 fully saturated rings. The summed E-state index contributed by atoms with van der Waals surface area (Å²) in [6.45, 7) is 2.11. The van der Waals surface area contributed by atoms with Crippen molar-refractivity contribution < 1.29 is 0 Å². The van der Waals surface area contributed by atoms with Crippen LogP contribution in [-0.4, -0.2) is 22.0 Å². The summed E-state index contributed by atoms with van der Waals surface area (Å²) in [5.41, 5.74) is 1.15. The highest BCUT2D eigenvalue weighted by atomic mass is 32.2. The fourth-order valence-corrected chi connectivity index (χ4v) is 2.48. The maximum atomic E-state index is 4.34. The number of pyridine rings is 1. The smallest absolute Gasteiger partial charge is 0.133 e. The number of anilines is 1. The molecule has 0 saturated heterocycles. The summed E-state index contributed by atoms with van der Waals surface area (Å²) >= 11 is 1.64. The normalized spacial score (nSPS) is 10.2. The van der Waals surface area contributed by atoms with E-state index in [-0.39, 0.29) is 0 Å². The fourth-order valence-electron chi connectivity index (χ4n) is 1.54. The molecule has 0 atom stereocenters. The molecular formula is C12H14N4S. The zero-order valence-electron chi connectivity index (χ0n) is 9.84. The van der Waals surface area contributed by atoms with Crippen LogP contribution in [0.25, 0.3) is 0 Å². The monoisotopic (exact) mass is 246 g/mol. The van der Waals surface area contributed by atoms with Gasteiger partial charge in [0.05, 0.1) is 0 Å². The summed E-state index contributed by atoms with van der Waals surface area (Å²) in [6, 6.07) is 3.95. The van der Waals surface area contributed by atoms with Crippen LogP contribution in [0.5, 0.6) is 0 Å². The second-order valence-corrected chi connectivity index (χ2v) is 4.46. The Balaban J connectivity index is 2.33. The van der Waals surface area contributed by atoms with Crippen molar-refractivity contribution in [2.45, 2.75) is 23.3 Å². The van der Waals surface area contributed by atoms with Crippen LogP contribution < -0.4 is 5.32 Å². The highest BCUT2D eigenvalue weighted by Crippen LogP contribution is 2.30. The lowest BCUT2D eigenvalue weighted by atomic mass is 10.2. The maximum Gasteiger partial charge on any atom is 0.133 e. The molecular weight excluding hydrogens is 232 g/mol. The molecule has 2 aromatic heterocycles. The van der Waals surface area contributed by atoms with Crippen LogP contribution in [0.1, 0.15) is 12.5 Å². The van der Waals surface area contributed by atoms with Crippen molar-refractivity contribution in [2.75, 3.05) is 12.4 Å². The van der Waals surface area contributed by atoms with E-state index in [1.54, 1.807) is 30.5 Å². The molecule has 2 heterocycles. The third-order valence-electron chi connectivity index (χ3n) is 2.36. The molecule has 17 heavy (non-hydrogen) atoms. The van der Waals surface area contributed by atoms with Gasteiger partial charge in [-0.05, 0) is 18.6 Å². The van der Waals surface area contributed by atoms with Gasteiger partial charge in [-0.2, -0.15) is 0 Å². The number of hydrogen-bond acceptors (Lipinski definition) is 5. The lowest BCUT2D eigenvalue weighted by Crippen LogP contribution is -2.01. The summed E-state index contributed by atoms with van der Waals surface area (Å²) in [7, 11) is 1.88. The molecule has 0 aliphatic carbocycles. The van der Waals surface area contributed by atoms with Crippen LogP contribution in [0.2, 0.25) is 0 Å². The van der Waals surface area contributed by atoms with Gasteiger partial charge in [-0.25, -0.2) is 9.97 Å². The minimum absolute atomic E-state index is 0.902. The van der Waals surface area contributed by atoms with Gasteiger partial charge in [0, 0.05) is 29.9 Å². The van der Waals surface area contributed by atoms with Crippen molar-refractivity contribution in [3.8, 4) is 0 Å². The van der Waals surface area contributed by atoms with Crippen molar-refractivity contribution in [2.24, 2.45) is 0 Å². The highest BCUT2D eigenvalue weighted by Gasteiger charge is 2.09. The predicted molar refractivity (Wildman–Crippen MR) is 69.3 cm³/mol. The van der Waals surface area contributed by atoms with Gasteiger partial charge < -0.3 is 5.32 Å². The molecule has 88 valence electrons. The zero-order valence-corrected chi connectivity index (χ0v) is 10.7. The van der Waals surface area contributed by atoms with Crippen molar-refractivity contribution in [3.05, 3.63) is 36.4 Å². The van der Waals surface area contributed by atoms with E-state index in [0.717, 1.165) is 27.7 Å². The van der Waals surface area contributed by atoms with E-state index in [0.29, 0.717) is 0 Å². The molecule has 0 radical (unpaired) electrons. The molecule has 5 heteroatoms. The van der Waals surface area contributed by atoms with Crippen molar-refractivity contribution >= 4 is 17.6 Å². The third-order valence-corrected chi connectivity index (χ3v) is 3.41. The first-order valence-electron chi connectivity index (χ1n) is 5.44. The second kappa shape index (κ2) is 5.63. The first kappa shape index (κ1) is 11.9. The van der Waals surface area contributed by atoms with Gasteiger partial charge in [0.1, 0.15) is 17.2 Å². The van der Waals surface area contributed by atoms with Crippen LogP contribution in [0.4, 0.5) is 5.82 Å². The van der Waals surface area contributed by atoms with Crippen LogP contribution in [0.15, 0.2) is 40.8 Å². The molecule has 0 amide bonds. The molecule has 0 saturated carbocycles. The minimum Gasteiger partial charge on any atom is -0.373 e. The van der Waals surface area contributed by atoms with Gasteiger partial charge in [-0.3, -0.25) is 4.98 Å². The van der Waals surface area contributed by atoms with E-state index in [2.05, 4.69) is 27.2 Å². The van der Waals surface area contributed by atoms with Gasteiger partial charge in [-0.15, -0.1) is 0 Å². The number of nitrogens with one attached hydrogen (secondary N) is 1. The molecule has 0 aliphatic rings. The van der Waals surface area contributed by atoms with Gasteiger partial charge in [0.15, 0.2) is 0 Å². The summed E-state index contributed by atoms with van der Waals surface area (Å²) in [5, 5.41) is 4.09. The largest absolute Gasteiger partial charge is 0.373 e. The second-order valence-electron chi connectivity index (χ2n) is 3.39. The molecule has 0 aromatic carbocycles. The van der Waals surface area contributed by atoms with Gasteiger partial charge in [0.25, 0.3) is 0 Å². The number of nitrogens with zero attached hydrogens (tertiary/aromatic N) is 3. The first-order chi connectivity index (χ1) is 8.35.